The minimum Gasteiger partial charge on any atom is -0.382 e. The van der Waals surface area contributed by atoms with Crippen molar-refractivity contribution in [3.63, 3.8) is 0 Å². The van der Waals surface area contributed by atoms with Crippen LogP contribution in [0.25, 0.3) is 10.9 Å². The van der Waals surface area contributed by atoms with E-state index in [1.165, 1.54) is 5.56 Å². The molecular formula is C15H13BrN4O. The first-order valence-electron chi connectivity index (χ1n) is 6.55. The van der Waals surface area contributed by atoms with Crippen molar-refractivity contribution in [3.05, 3.63) is 63.1 Å². The molecule has 5 nitrogen and oxygen atoms in total. The fraction of sp³-hybridized carbons (Fsp3) is 0.133. The second-order valence-electron chi connectivity index (χ2n) is 4.60. The maximum Gasteiger partial charge on any atom is 0.280 e. The van der Waals surface area contributed by atoms with Crippen molar-refractivity contribution >= 4 is 32.5 Å². The number of rotatable bonds is 4. The van der Waals surface area contributed by atoms with Gasteiger partial charge in [-0.1, -0.05) is 24.3 Å². The first kappa shape index (κ1) is 13.8. The second kappa shape index (κ2) is 6.05. The number of hydrogen-bond acceptors (Lipinski definition) is 4. The van der Waals surface area contributed by atoms with Gasteiger partial charge in [-0.15, -0.1) is 0 Å². The van der Waals surface area contributed by atoms with Crippen molar-refractivity contribution in [2.75, 3.05) is 11.9 Å². The summed E-state index contributed by atoms with van der Waals surface area (Å²) in [6, 6.07) is 10.1. The maximum atomic E-state index is 11.4. The van der Waals surface area contributed by atoms with Crippen LogP contribution in [0.1, 0.15) is 5.56 Å². The largest absolute Gasteiger partial charge is 0.382 e. The van der Waals surface area contributed by atoms with Gasteiger partial charge in [0.1, 0.15) is 4.47 Å². The molecule has 0 radical (unpaired) electrons. The molecule has 3 rings (SSSR count). The van der Waals surface area contributed by atoms with Crippen LogP contribution in [0.3, 0.4) is 0 Å². The summed E-state index contributed by atoms with van der Waals surface area (Å²) in [5.41, 5.74) is 2.64. The number of fused-ring (bicyclic) bond motifs is 1. The number of pyridine rings is 1. The van der Waals surface area contributed by atoms with E-state index in [1.807, 2.05) is 12.1 Å². The number of para-hydroxylation sites is 1. The minimum atomic E-state index is -0.244. The molecule has 0 aliphatic heterocycles. The highest BCUT2D eigenvalue weighted by Gasteiger charge is 2.05. The summed E-state index contributed by atoms with van der Waals surface area (Å²) in [4.78, 5) is 15.9. The zero-order valence-electron chi connectivity index (χ0n) is 11.1. The third-order valence-corrected chi connectivity index (χ3v) is 4.01. The van der Waals surface area contributed by atoms with E-state index < -0.39 is 0 Å². The molecule has 0 fully saturated rings. The van der Waals surface area contributed by atoms with Gasteiger partial charge in [-0.3, -0.25) is 9.78 Å². The van der Waals surface area contributed by atoms with Crippen LogP contribution in [0.15, 0.2) is 52.0 Å². The van der Waals surface area contributed by atoms with Gasteiger partial charge in [0, 0.05) is 18.1 Å². The van der Waals surface area contributed by atoms with Gasteiger partial charge in [0.2, 0.25) is 0 Å². The monoisotopic (exact) mass is 344 g/mol. The molecule has 0 unspecified atom stereocenters. The molecule has 2 aromatic heterocycles. The second-order valence-corrected chi connectivity index (χ2v) is 5.39. The van der Waals surface area contributed by atoms with E-state index in [-0.39, 0.29) is 5.56 Å². The predicted octanol–water partition coefficient (Wildman–Crippen LogP) is 2.74. The summed E-state index contributed by atoms with van der Waals surface area (Å²) < 4.78 is 0.466. The highest BCUT2D eigenvalue weighted by Crippen LogP contribution is 2.18. The van der Waals surface area contributed by atoms with Crippen molar-refractivity contribution in [1.29, 1.82) is 0 Å². The molecule has 0 saturated carbocycles. The quantitative estimate of drug-likeness (QED) is 0.763. The number of aromatic nitrogens is 3. The van der Waals surface area contributed by atoms with Crippen molar-refractivity contribution in [2.45, 2.75) is 6.42 Å². The van der Waals surface area contributed by atoms with E-state index in [0.717, 1.165) is 17.3 Å². The molecule has 0 saturated heterocycles. The first-order chi connectivity index (χ1) is 10.3. The van der Waals surface area contributed by atoms with Crippen molar-refractivity contribution in [3.8, 4) is 0 Å². The molecule has 2 N–H and O–H groups in total. The zero-order valence-corrected chi connectivity index (χ0v) is 12.7. The van der Waals surface area contributed by atoms with Gasteiger partial charge in [0.25, 0.3) is 5.56 Å². The predicted molar refractivity (Wildman–Crippen MR) is 86.5 cm³/mol. The lowest BCUT2D eigenvalue weighted by Crippen LogP contribution is -2.13. The van der Waals surface area contributed by atoms with E-state index in [1.54, 1.807) is 12.4 Å². The summed E-state index contributed by atoms with van der Waals surface area (Å²) >= 11 is 3.25. The van der Waals surface area contributed by atoms with E-state index in [4.69, 9.17) is 0 Å². The van der Waals surface area contributed by atoms with Gasteiger partial charge in [-0.2, -0.15) is 5.10 Å². The lowest BCUT2D eigenvalue weighted by Gasteiger charge is -2.08. The fourth-order valence-corrected chi connectivity index (χ4v) is 2.54. The van der Waals surface area contributed by atoms with E-state index >= 15 is 0 Å². The van der Waals surface area contributed by atoms with Crippen LogP contribution in [0.2, 0.25) is 0 Å². The Kier molecular flexibility index (Phi) is 3.96. The summed E-state index contributed by atoms with van der Waals surface area (Å²) in [6.45, 7) is 0.694. The van der Waals surface area contributed by atoms with Gasteiger partial charge in [0.15, 0.2) is 0 Å². The smallest absolute Gasteiger partial charge is 0.280 e. The molecule has 106 valence electrons. The number of nitrogens with one attached hydrogen (secondary N) is 2. The molecule has 0 amide bonds. The van der Waals surface area contributed by atoms with Gasteiger partial charge in [-0.25, -0.2) is 5.10 Å². The van der Waals surface area contributed by atoms with Crippen LogP contribution >= 0.6 is 15.9 Å². The lowest BCUT2D eigenvalue weighted by atomic mass is 10.1. The fourth-order valence-electron chi connectivity index (χ4n) is 2.21. The highest BCUT2D eigenvalue weighted by molar-refractivity contribution is 9.10. The number of nitrogens with zero attached hydrogens (tertiary/aromatic N) is 2. The van der Waals surface area contributed by atoms with E-state index in [0.29, 0.717) is 16.7 Å². The third kappa shape index (κ3) is 2.95. The number of hydrogen-bond donors (Lipinski definition) is 2. The third-order valence-electron chi connectivity index (χ3n) is 3.22. The number of halogens is 1. The number of anilines is 1. The molecule has 21 heavy (non-hydrogen) atoms. The summed E-state index contributed by atoms with van der Waals surface area (Å²) in [6.07, 6.45) is 4.21. The molecule has 1 aromatic carbocycles. The van der Waals surface area contributed by atoms with Crippen LogP contribution in [0.5, 0.6) is 0 Å². The van der Waals surface area contributed by atoms with E-state index in [2.05, 4.69) is 54.6 Å². The van der Waals surface area contributed by atoms with Crippen LogP contribution in [-0.4, -0.2) is 21.7 Å². The molecule has 0 atom stereocenters. The van der Waals surface area contributed by atoms with Crippen molar-refractivity contribution < 1.29 is 0 Å². The van der Waals surface area contributed by atoms with Gasteiger partial charge in [0.05, 0.1) is 17.4 Å². The Labute approximate surface area is 129 Å². The van der Waals surface area contributed by atoms with Crippen molar-refractivity contribution in [2.24, 2.45) is 0 Å². The number of aromatic amines is 1. The van der Waals surface area contributed by atoms with Gasteiger partial charge >= 0.3 is 0 Å². The topological polar surface area (TPSA) is 70.7 Å². The molecule has 6 heteroatoms. The maximum absolute atomic E-state index is 11.4. The zero-order chi connectivity index (χ0) is 14.7. The molecule has 0 spiro atoms. The Morgan fingerprint density at radius 2 is 2.10 bits per heavy atom. The van der Waals surface area contributed by atoms with Crippen LogP contribution in [-0.2, 0) is 6.42 Å². The molecular weight excluding hydrogens is 332 g/mol. The van der Waals surface area contributed by atoms with Crippen LogP contribution in [0, 0.1) is 0 Å². The number of H-pyrrole nitrogens is 1. The van der Waals surface area contributed by atoms with E-state index in [9.17, 15) is 4.79 Å². The van der Waals surface area contributed by atoms with Crippen LogP contribution < -0.4 is 10.9 Å². The molecule has 0 bridgehead atoms. The average Bonchev–Trinajstić information content (AvgIpc) is 2.52. The van der Waals surface area contributed by atoms with Crippen molar-refractivity contribution in [1.82, 2.24) is 15.2 Å². The Hall–Kier alpha value is -2.21. The minimum absolute atomic E-state index is 0.244. The Morgan fingerprint density at radius 1 is 1.24 bits per heavy atom. The standard InChI is InChI=1S/C15H13BrN4O/c16-13-12(9-19-20-15(13)21)17-8-6-11-4-1-3-10-5-2-7-18-14(10)11/h1-5,7,9H,6,8H2,(H2,17,20,21). The van der Waals surface area contributed by atoms with Crippen LogP contribution in [0.4, 0.5) is 5.69 Å². The molecule has 0 aliphatic rings. The van der Waals surface area contributed by atoms with Gasteiger partial charge in [-0.05, 0) is 34.0 Å². The first-order valence-corrected chi connectivity index (χ1v) is 7.34. The summed E-state index contributed by atoms with van der Waals surface area (Å²) in [5, 5.41) is 10.5. The molecule has 3 aromatic rings. The normalized spacial score (nSPS) is 10.7. The Morgan fingerprint density at radius 3 is 3.00 bits per heavy atom. The highest BCUT2D eigenvalue weighted by atomic mass is 79.9. The Bertz CT molecular complexity index is 826. The molecule has 0 aliphatic carbocycles. The number of benzene rings is 1. The Balaban J connectivity index is 1.75. The molecule has 2 heterocycles. The average molecular weight is 345 g/mol. The lowest BCUT2D eigenvalue weighted by molar-refractivity contribution is 0.961. The SMILES string of the molecule is O=c1[nH]ncc(NCCc2cccc3cccnc23)c1Br. The summed E-state index contributed by atoms with van der Waals surface area (Å²) in [7, 11) is 0. The summed E-state index contributed by atoms with van der Waals surface area (Å²) in [5.74, 6) is 0. The van der Waals surface area contributed by atoms with Gasteiger partial charge < -0.3 is 5.32 Å².